The third-order valence-corrected chi connectivity index (χ3v) is 7.77. The number of rotatable bonds is 10. The fourth-order valence-corrected chi connectivity index (χ4v) is 5.10. The number of terminal acetylenes is 1. The average molecular weight is 612 g/mol. The van der Waals surface area contributed by atoms with Crippen LogP contribution in [0, 0.1) is 26.2 Å². The fourth-order valence-electron chi connectivity index (χ4n) is 5.10. The second-order valence-corrected chi connectivity index (χ2v) is 12.8. The Morgan fingerprint density at radius 2 is 1.53 bits per heavy atom. The monoisotopic (exact) mass is 611 g/mol. The minimum atomic E-state index is -1.15. The van der Waals surface area contributed by atoms with Crippen LogP contribution < -0.4 is 10.6 Å². The van der Waals surface area contributed by atoms with Crippen molar-refractivity contribution in [2.45, 2.75) is 91.5 Å². The molecule has 3 amide bonds. The van der Waals surface area contributed by atoms with Crippen molar-refractivity contribution in [1.82, 2.24) is 10.2 Å². The molecule has 3 aromatic rings. The predicted octanol–water partition coefficient (Wildman–Crippen LogP) is 6.82. The van der Waals surface area contributed by atoms with Gasteiger partial charge in [-0.3, -0.25) is 9.59 Å². The lowest BCUT2D eigenvalue weighted by molar-refractivity contribution is -0.147. The number of anilines is 1. The molecule has 0 saturated carbocycles. The van der Waals surface area contributed by atoms with Gasteiger partial charge in [-0.15, -0.1) is 6.42 Å². The Hall–Kier alpha value is -4.77. The fraction of sp³-hybridized carbons (Fsp3) is 0.378. The molecule has 45 heavy (non-hydrogen) atoms. The molecule has 0 bridgehead atoms. The Morgan fingerprint density at radius 3 is 2.09 bits per heavy atom. The van der Waals surface area contributed by atoms with Gasteiger partial charge in [0, 0.05) is 23.2 Å². The first kappa shape index (κ1) is 34.7. The lowest BCUT2D eigenvalue weighted by Crippen LogP contribution is -2.59. The lowest BCUT2D eigenvalue weighted by Gasteiger charge is -2.45. The maximum Gasteiger partial charge on any atom is 0.408 e. The largest absolute Gasteiger partial charge is 0.508 e. The molecule has 0 spiro atoms. The van der Waals surface area contributed by atoms with Crippen molar-refractivity contribution < 1.29 is 24.2 Å². The Labute approximate surface area is 267 Å². The number of hydrogen-bond acceptors (Lipinski definition) is 5. The number of ether oxygens (including phenoxy) is 1. The Kier molecular flexibility index (Phi) is 11.1. The van der Waals surface area contributed by atoms with Crippen LogP contribution in [-0.4, -0.2) is 45.1 Å². The summed E-state index contributed by atoms with van der Waals surface area (Å²) in [6, 6.07) is 16.9. The molecule has 8 heteroatoms. The standard InChI is InChI=1S/C37H45N3O5/c1-10-27-17-12-13-18-29(27)32(33(42)39-31-24(3)15-14-16-25(31)4)40(37(8,9)11-2)34(43)30(38-35(44)45-36(5,6)7)23-26-19-21-28(41)22-20-26/h1,12-22,30,32,41H,11,23H2,2-9H3,(H,38,44)(H,39,42). The number of aryl methyl sites for hydroxylation is 2. The number of aromatic hydroxyl groups is 1. The van der Waals surface area contributed by atoms with E-state index in [9.17, 15) is 19.5 Å². The number of carbonyl (C=O) groups excluding carboxylic acids is 3. The minimum Gasteiger partial charge on any atom is -0.508 e. The van der Waals surface area contributed by atoms with Gasteiger partial charge in [0.1, 0.15) is 23.4 Å². The van der Waals surface area contributed by atoms with Gasteiger partial charge < -0.3 is 25.4 Å². The zero-order valence-corrected chi connectivity index (χ0v) is 27.5. The Morgan fingerprint density at radius 1 is 0.933 bits per heavy atom. The summed E-state index contributed by atoms with van der Waals surface area (Å²) in [5.41, 5.74) is 2.37. The maximum atomic E-state index is 14.9. The topological polar surface area (TPSA) is 108 Å². The first-order valence-corrected chi connectivity index (χ1v) is 15.1. The van der Waals surface area contributed by atoms with E-state index in [0.717, 1.165) is 11.1 Å². The molecule has 0 fully saturated rings. The van der Waals surface area contributed by atoms with Crippen molar-refractivity contribution in [2.75, 3.05) is 5.32 Å². The van der Waals surface area contributed by atoms with Crippen LogP contribution in [0.5, 0.6) is 5.75 Å². The van der Waals surface area contributed by atoms with Crippen LogP contribution in [0.3, 0.4) is 0 Å². The summed E-state index contributed by atoms with van der Waals surface area (Å²) in [5, 5.41) is 15.7. The number of hydrogen-bond donors (Lipinski definition) is 3. The van der Waals surface area contributed by atoms with E-state index in [1.54, 1.807) is 57.2 Å². The van der Waals surface area contributed by atoms with E-state index in [2.05, 4.69) is 16.6 Å². The molecule has 2 atom stereocenters. The van der Waals surface area contributed by atoms with E-state index in [4.69, 9.17) is 11.2 Å². The van der Waals surface area contributed by atoms with E-state index in [1.165, 1.54) is 17.0 Å². The van der Waals surface area contributed by atoms with Gasteiger partial charge >= 0.3 is 6.09 Å². The first-order valence-electron chi connectivity index (χ1n) is 15.1. The second kappa shape index (κ2) is 14.3. The van der Waals surface area contributed by atoms with E-state index in [-0.39, 0.29) is 12.2 Å². The number of amides is 3. The molecule has 0 aliphatic carbocycles. The number of carbonyl (C=O) groups is 3. The maximum absolute atomic E-state index is 14.9. The van der Waals surface area contributed by atoms with Gasteiger partial charge in [0.05, 0.1) is 0 Å². The molecule has 2 unspecified atom stereocenters. The molecule has 0 heterocycles. The van der Waals surface area contributed by atoms with Gasteiger partial charge in [0.2, 0.25) is 5.91 Å². The zero-order chi connectivity index (χ0) is 33.5. The highest BCUT2D eigenvalue weighted by Crippen LogP contribution is 2.35. The molecule has 3 aromatic carbocycles. The van der Waals surface area contributed by atoms with Crippen LogP contribution in [0.4, 0.5) is 10.5 Å². The molecule has 0 aromatic heterocycles. The molecule has 3 rings (SSSR count). The van der Waals surface area contributed by atoms with Crippen molar-refractivity contribution in [3.05, 3.63) is 94.5 Å². The van der Waals surface area contributed by atoms with Crippen LogP contribution in [-0.2, 0) is 20.7 Å². The van der Waals surface area contributed by atoms with Crippen LogP contribution in [0.1, 0.15) is 81.8 Å². The number of phenolic OH excluding ortho intramolecular Hbond substituents is 1. The van der Waals surface area contributed by atoms with Crippen molar-refractivity contribution in [1.29, 1.82) is 0 Å². The van der Waals surface area contributed by atoms with Crippen molar-refractivity contribution in [3.63, 3.8) is 0 Å². The summed E-state index contributed by atoms with van der Waals surface area (Å²) in [7, 11) is 0. The summed E-state index contributed by atoms with van der Waals surface area (Å²) in [5.74, 6) is 1.82. The molecule has 238 valence electrons. The summed E-state index contributed by atoms with van der Waals surface area (Å²) >= 11 is 0. The number of benzene rings is 3. The third-order valence-electron chi connectivity index (χ3n) is 7.77. The van der Waals surface area contributed by atoms with Crippen LogP contribution in [0.25, 0.3) is 0 Å². The number of phenols is 1. The minimum absolute atomic E-state index is 0.0737. The summed E-state index contributed by atoms with van der Waals surface area (Å²) < 4.78 is 5.53. The zero-order valence-electron chi connectivity index (χ0n) is 27.5. The summed E-state index contributed by atoms with van der Waals surface area (Å²) in [6.45, 7) is 14.7. The number of nitrogens with zero attached hydrogens (tertiary/aromatic N) is 1. The molecule has 0 aliphatic rings. The number of alkyl carbamates (subject to hydrolysis) is 1. The average Bonchev–Trinajstić information content (AvgIpc) is 2.97. The molecule has 0 radical (unpaired) electrons. The van der Waals surface area contributed by atoms with Crippen molar-refractivity contribution >= 4 is 23.6 Å². The van der Waals surface area contributed by atoms with Crippen LogP contribution in [0.2, 0.25) is 0 Å². The molecular formula is C37H45N3O5. The highest BCUT2D eigenvalue weighted by molar-refractivity contribution is 6.00. The Balaban J connectivity index is 2.22. The normalized spacial score (nSPS) is 12.8. The van der Waals surface area contributed by atoms with Gasteiger partial charge in [-0.2, -0.15) is 0 Å². The highest BCUT2D eigenvalue weighted by atomic mass is 16.6. The predicted molar refractivity (Wildman–Crippen MR) is 178 cm³/mol. The molecule has 0 aliphatic heterocycles. The number of para-hydroxylation sites is 1. The lowest BCUT2D eigenvalue weighted by atomic mass is 9.89. The van der Waals surface area contributed by atoms with Gasteiger partial charge in [-0.05, 0) is 95.3 Å². The van der Waals surface area contributed by atoms with Crippen LogP contribution >= 0.6 is 0 Å². The SMILES string of the molecule is C#Cc1ccccc1C(C(=O)Nc1c(C)cccc1C)N(C(=O)C(Cc1ccc(O)cc1)NC(=O)OC(C)(C)C)C(C)(C)CC. The molecule has 8 nitrogen and oxygen atoms in total. The molecule has 0 saturated heterocycles. The summed E-state index contributed by atoms with van der Waals surface area (Å²) in [4.78, 5) is 44.0. The Bertz CT molecular complexity index is 1540. The third kappa shape index (κ3) is 8.89. The van der Waals surface area contributed by atoms with Gasteiger partial charge in [0.25, 0.3) is 5.91 Å². The van der Waals surface area contributed by atoms with Gasteiger partial charge in [0.15, 0.2) is 0 Å². The highest BCUT2D eigenvalue weighted by Gasteiger charge is 2.44. The molecular weight excluding hydrogens is 566 g/mol. The van der Waals surface area contributed by atoms with E-state index >= 15 is 0 Å². The van der Waals surface area contributed by atoms with Crippen molar-refractivity contribution in [2.24, 2.45) is 0 Å². The quantitative estimate of drug-likeness (QED) is 0.218. The smallest absolute Gasteiger partial charge is 0.408 e. The van der Waals surface area contributed by atoms with E-state index < -0.39 is 41.1 Å². The first-order chi connectivity index (χ1) is 21.1. The second-order valence-electron chi connectivity index (χ2n) is 12.8. The van der Waals surface area contributed by atoms with Gasteiger partial charge in [-0.1, -0.05) is 61.4 Å². The molecule has 3 N–H and O–H groups in total. The van der Waals surface area contributed by atoms with Crippen molar-refractivity contribution in [3.8, 4) is 18.1 Å². The summed E-state index contributed by atoms with van der Waals surface area (Å²) in [6.07, 6.45) is 5.73. The van der Waals surface area contributed by atoms with Crippen LogP contribution in [0.15, 0.2) is 66.7 Å². The van der Waals surface area contributed by atoms with E-state index in [1.807, 2.05) is 52.8 Å². The van der Waals surface area contributed by atoms with Gasteiger partial charge in [-0.25, -0.2) is 4.79 Å². The number of nitrogens with one attached hydrogen (secondary N) is 2. The van der Waals surface area contributed by atoms with E-state index in [0.29, 0.717) is 28.8 Å².